The summed E-state index contributed by atoms with van der Waals surface area (Å²) in [4.78, 5) is 25.9. The normalized spacial score (nSPS) is 24.5. The number of hydrogen-bond donors (Lipinski definition) is 1. The van der Waals surface area contributed by atoms with E-state index in [0.717, 1.165) is 0 Å². The van der Waals surface area contributed by atoms with E-state index in [2.05, 4.69) is 13.8 Å². The van der Waals surface area contributed by atoms with Crippen molar-refractivity contribution >= 4 is 23.8 Å². The first-order valence-electron chi connectivity index (χ1n) is 5.85. The molecule has 1 N–H and O–H groups in total. The summed E-state index contributed by atoms with van der Waals surface area (Å²) < 4.78 is 0. The molecule has 5 nitrogen and oxygen atoms in total. The lowest BCUT2D eigenvalue weighted by Gasteiger charge is -2.37. The van der Waals surface area contributed by atoms with E-state index in [1.54, 1.807) is 11.8 Å². The Hall–Kier alpha value is -0.910. The van der Waals surface area contributed by atoms with Crippen molar-refractivity contribution in [2.24, 2.45) is 0 Å². The quantitative estimate of drug-likeness (QED) is 0.832. The number of likely N-dealkylation sites (N-methyl/N-ethyl adjacent to an activating group) is 1. The second-order valence-electron chi connectivity index (χ2n) is 4.35. The van der Waals surface area contributed by atoms with Crippen molar-refractivity contribution in [3.8, 4) is 0 Å². The van der Waals surface area contributed by atoms with Gasteiger partial charge >= 0.3 is 12.0 Å². The topological polar surface area (TPSA) is 60.9 Å². The van der Waals surface area contributed by atoms with Gasteiger partial charge in [-0.2, -0.15) is 11.8 Å². The van der Waals surface area contributed by atoms with E-state index in [4.69, 9.17) is 5.11 Å². The zero-order valence-electron chi connectivity index (χ0n) is 10.5. The zero-order chi connectivity index (χ0) is 13.0. The molecule has 0 aromatic rings. The van der Waals surface area contributed by atoms with Crippen molar-refractivity contribution in [3.63, 3.8) is 0 Å². The van der Waals surface area contributed by atoms with Crippen molar-refractivity contribution in [1.82, 2.24) is 9.80 Å². The molecule has 2 atom stereocenters. The Morgan fingerprint density at radius 1 is 1.35 bits per heavy atom. The van der Waals surface area contributed by atoms with Crippen molar-refractivity contribution < 1.29 is 14.7 Å². The molecule has 2 amide bonds. The number of urea groups is 1. The summed E-state index contributed by atoms with van der Waals surface area (Å²) in [6.45, 7) is 7.59. The average Bonchev–Trinajstić information content (AvgIpc) is 2.23. The Kier molecular flexibility index (Phi) is 5.11. The van der Waals surface area contributed by atoms with Crippen LogP contribution in [-0.2, 0) is 4.79 Å². The van der Waals surface area contributed by atoms with Crippen molar-refractivity contribution in [2.45, 2.75) is 31.3 Å². The molecule has 17 heavy (non-hydrogen) atoms. The van der Waals surface area contributed by atoms with Crippen LogP contribution in [0.1, 0.15) is 20.8 Å². The first-order valence-corrected chi connectivity index (χ1v) is 6.79. The van der Waals surface area contributed by atoms with E-state index in [9.17, 15) is 9.59 Å². The zero-order valence-corrected chi connectivity index (χ0v) is 11.4. The fourth-order valence-electron chi connectivity index (χ4n) is 2.01. The molecular weight excluding hydrogens is 240 g/mol. The van der Waals surface area contributed by atoms with E-state index < -0.39 is 5.97 Å². The molecule has 6 heteroatoms. The minimum absolute atomic E-state index is 0.158. The summed E-state index contributed by atoms with van der Waals surface area (Å²) in [6, 6.07) is -0.158. The van der Waals surface area contributed by atoms with Gasteiger partial charge < -0.3 is 14.9 Å². The minimum Gasteiger partial charge on any atom is -0.480 e. The number of carbonyl (C=O) groups is 2. The van der Waals surface area contributed by atoms with Gasteiger partial charge in [-0.1, -0.05) is 13.8 Å². The molecule has 0 aromatic heterocycles. The smallest absolute Gasteiger partial charge is 0.323 e. The number of carboxylic acids is 1. The number of hydrogen-bond acceptors (Lipinski definition) is 3. The Morgan fingerprint density at radius 3 is 2.29 bits per heavy atom. The lowest BCUT2D eigenvalue weighted by molar-refractivity contribution is -0.137. The van der Waals surface area contributed by atoms with Crippen LogP contribution in [0, 0.1) is 0 Å². The first kappa shape index (κ1) is 14.2. The number of rotatable bonds is 3. The predicted molar refractivity (Wildman–Crippen MR) is 68.4 cm³/mol. The van der Waals surface area contributed by atoms with Crippen LogP contribution in [0.2, 0.25) is 0 Å². The van der Waals surface area contributed by atoms with Gasteiger partial charge in [0, 0.05) is 30.1 Å². The van der Waals surface area contributed by atoms with Gasteiger partial charge in [0.2, 0.25) is 0 Å². The molecule has 1 rings (SSSR count). The van der Waals surface area contributed by atoms with Crippen LogP contribution in [0.5, 0.6) is 0 Å². The van der Waals surface area contributed by atoms with Gasteiger partial charge in [0.25, 0.3) is 0 Å². The fraction of sp³-hybridized carbons (Fsp3) is 0.818. The van der Waals surface area contributed by atoms with Gasteiger partial charge in [0.05, 0.1) is 0 Å². The standard InChI is InChI=1S/C11H20N2O3S/c1-4-12(7-10(14)15)11(16)13-5-8(2)17-9(3)6-13/h8-9H,4-7H2,1-3H3,(H,14,15). The van der Waals surface area contributed by atoms with Crippen LogP contribution in [0.4, 0.5) is 4.79 Å². The van der Waals surface area contributed by atoms with E-state index in [-0.39, 0.29) is 12.6 Å². The maximum atomic E-state index is 12.1. The van der Waals surface area contributed by atoms with Crippen LogP contribution in [0.15, 0.2) is 0 Å². The Morgan fingerprint density at radius 2 is 1.88 bits per heavy atom. The molecule has 1 saturated heterocycles. The third-order valence-corrected chi connectivity index (χ3v) is 3.90. The van der Waals surface area contributed by atoms with Crippen molar-refractivity contribution in [3.05, 3.63) is 0 Å². The highest BCUT2D eigenvalue weighted by Crippen LogP contribution is 2.25. The van der Waals surface area contributed by atoms with Gasteiger partial charge in [-0.3, -0.25) is 4.79 Å². The predicted octanol–water partition coefficient (Wildman–Crippen LogP) is 1.34. The third kappa shape index (κ3) is 4.11. The molecule has 98 valence electrons. The lowest BCUT2D eigenvalue weighted by Crippen LogP contribution is -2.51. The van der Waals surface area contributed by atoms with E-state index in [1.165, 1.54) is 4.90 Å². The van der Waals surface area contributed by atoms with E-state index in [1.807, 2.05) is 11.8 Å². The number of carboxylic acid groups (broad SMARTS) is 1. The Bertz CT molecular complexity index is 288. The fourth-order valence-corrected chi connectivity index (χ4v) is 3.34. The molecule has 1 aliphatic heterocycles. The molecule has 0 aromatic carbocycles. The molecular formula is C11H20N2O3S. The summed E-state index contributed by atoms with van der Waals surface area (Å²) in [5, 5.41) is 9.57. The maximum absolute atomic E-state index is 12.1. The molecule has 0 aliphatic carbocycles. The van der Waals surface area contributed by atoms with Gasteiger partial charge in [-0.05, 0) is 6.92 Å². The van der Waals surface area contributed by atoms with Gasteiger partial charge in [0.1, 0.15) is 6.54 Å². The van der Waals surface area contributed by atoms with Crippen LogP contribution < -0.4 is 0 Å². The second kappa shape index (κ2) is 6.14. The number of nitrogens with zero attached hydrogens (tertiary/aromatic N) is 2. The monoisotopic (exact) mass is 260 g/mol. The van der Waals surface area contributed by atoms with Crippen LogP contribution >= 0.6 is 11.8 Å². The summed E-state index contributed by atoms with van der Waals surface area (Å²) in [6.07, 6.45) is 0. The highest BCUT2D eigenvalue weighted by molar-refractivity contribution is 8.00. The molecule has 0 radical (unpaired) electrons. The maximum Gasteiger partial charge on any atom is 0.323 e. The number of carbonyl (C=O) groups excluding carboxylic acids is 1. The van der Waals surface area contributed by atoms with Crippen LogP contribution in [-0.4, -0.2) is 63.6 Å². The number of aliphatic carboxylic acids is 1. The average molecular weight is 260 g/mol. The largest absolute Gasteiger partial charge is 0.480 e. The van der Waals surface area contributed by atoms with Gasteiger partial charge in [-0.25, -0.2) is 4.79 Å². The van der Waals surface area contributed by atoms with E-state index >= 15 is 0 Å². The van der Waals surface area contributed by atoms with E-state index in [0.29, 0.717) is 30.1 Å². The van der Waals surface area contributed by atoms with Crippen molar-refractivity contribution in [1.29, 1.82) is 0 Å². The molecule has 2 unspecified atom stereocenters. The lowest BCUT2D eigenvalue weighted by atomic mass is 10.3. The highest BCUT2D eigenvalue weighted by Gasteiger charge is 2.28. The van der Waals surface area contributed by atoms with Crippen LogP contribution in [0.25, 0.3) is 0 Å². The summed E-state index contributed by atoms with van der Waals surface area (Å²) in [5.41, 5.74) is 0. The summed E-state index contributed by atoms with van der Waals surface area (Å²) in [7, 11) is 0. The van der Waals surface area contributed by atoms with Crippen molar-refractivity contribution in [2.75, 3.05) is 26.2 Å². The van der Waals surface area contributed by atoms with Gasteiger partial charge in [0.15, 0.2) is 0 Å². The molecule has 0 bridgehead atoms. The number of thioether (sulfide) groups is 1. The SMILES string of the molecule is CCN(CC(=O)O)C(=O)N1CC(C)SC(C)C1. The first-order chi connectivity index (χ1) is 7.93. The third-order valence-electron chi connectivity index (χ3n) is 2.67. The van der Waals surface area contributed by atoms with Crippen LogP contribution in [0.3, 0.4) is 0 Å². The molecule has 0 spiro atoms. The summed E-state index contributed by atoms with van der Waals surface area (Å²) >= 11 is 1.87. The summed E-state index contributed by atoms with van der Waals surface area (Å²) in [5.74, 6) is -0.965. The van der Waals surface area contributed by atoms with Gasteiger partial charge in [-0.15, -0.1) is 0 Å². The molecule has 1 aliphatic rings. The second-order valence-corrected chi connectivity index (χ2v) is 6.23. The molecule has 1 fully saturated rings. The Balaban J connectivity index is 2.63. The minimum atomic E-state index is -0.965. The highest BCUT2D eigenvalue weighted by atomic mass is 32.2. The Labute approximate surface area is 106 Å². The molecule has 0 saturated carbocycles. The number of amides is 2. The molecule has 1 heterocycles.